The summed E-state index contributed by atoms with van der Waals surface area (Å²) in [4.78, 5) is 27.0. The summed E-state index contributed by atoms with van der Waals surface area (Å²) < 4.78 is 26.2. The van der Waals surface area contributed by atoms with Gasteiger partial charge in [0, 0.05) is 45.7 Å². The first kappa shape index (κ1) is 23.7. The number of hydrogen-bond donors (Lipinski definition) is 1. The Morgan fingerprint density at radius 2 is 1.66 bits per heavy atom. The number of sulfonamides is 1. The fourth-order valence-electron chi connectivity index (χ4n) is 3.62. The van der Waals surface area contributed by atoms with Gasteiger partial charge in [0.1, 0.15) is 0 Å². The van der Waals surface area contributed by atoms with Crippen LogP contribution in [-0.2, 0) is 26.2 Å². The van der Waals surface area contributed by atoms with Crippen molar-refractivity contribution in [2.75, 3.05) is 27.2 Å². The van der Waals surface area contributed by atoms with E-state index < -0.39 is 10.0 Å². The van der Waals surface area contributed by atoms with Crippen molar-refractivity contribution >= 4 is 27.9 Å². The molecule has 0 bridgehead atoms. The number of hydrogen-bond acceptors (Lipinski definition) is 4. The normalized spacial score (nSPS) is 15.3. The van der Waals surface area contributed by atoms with Crippen LogP contribution in [0.3, 0.4) is 0 Å². The van der Waals surface area contributed by atoms with E-state index >= 15 is 0 Å². The zero-order valence-electron chi connectivity index (χ0n) is 18.4. The fourth-order valence-corrected chi connectivity index (χ4v) is 4.74. The Morgan fingerprint density at radius 3 is 2.31 bits per heavy atom. The van der Waals surface area contributed by atoms with Gasteiger partial charge in [-0.3, -0.25) is 9.59 Å². The van der Waals surface area contributed by atoms with E-state index in [9.17, 15) is 18.0 Å². The van der Waals surface area contributed by atoms with Gasteiger partial charge in [-0.1, -0.05) is 48.5 Å². The standard InChI is InChI=1S/C24H29N3O4S/c1-26(2)32(30,31)22-11-7-6-10-21(22)18-25-24(29)20-14-16-27(17-15-20)23(28)13-12-19-8-4-3-5-9-19/h3-13,20H,14-18H2,1-2H3,(H,25,29)/b13-12+. The average molecular weight is 456 g/mol. The van der Waals surface area contributed by atoms with E-state index in [0.29, 0.717) is 31.5 Å². The summed E-state index contributed by atoms with van der Waals surface area (Å²) in [6.07, 6.45) is 4.51. The first-order valence-corrected chi connectivity index (χ1v) is 12.0. The van der Waals surface area contributed by atoms with E-state index in [2.05, 4.69) is 5.32 Å². The molecule has 1 fully saturated rings. The molecule has 2 aromatic carbocycles. The molecule has 170 valence electrons. The second kappa shape index (κ2) is 10.6. The van der Waals surface area contributed by atoms with Crippen LogP contribution in [0.25, 0.3) is 6.08 Å². The lowest BCUT2D eigenvalue weighted by Crippen LogP contribution is -2.42. The molecule has 7 nitrogen and oxygen atoms in total. The van der Waals surface area contributed by atoms with E-state index in [-0.39, 0.29) is 29.2 Å². The van der Waals surface area contributed by atoms with Crippen molar-refractivity contribution in [3.63, 3.8) is 0 Å². The summed E-state index contributed by atoms with van der Waals surface area (Å²) in [6.45, 7) is 1.17. The van der Waals surface area contributed by atoms with Gasteiger partial charge in [-0.15, -0.1) is 0 Å². The number of rotatable bonds is 7. The Morgan fingerprint density at radius 1 is 1.03 bits per heavy atom. The van der Waals surface area contributed by atoms with E-state index in [1.54, 1.807) is 41.3 Å². The minimum atomic E-state index is -3.59. The second-order valence-corrected chi connectivity index (χ2v) is 10.1. The van der Waals surface area contributed by atoms with Crippen LogP contribution in [0.15, 0.2) is 65.6 Å². The molecule has 32 heavy (non-hydrogen) atoms. The van der Waals surface area contributed by atoms with Gasteiger partial charge in [0.15, 0.2) is 0 Å². The molecule has 1 aliphatic heterocycles. The molecule has 0 spiro atoms. The Bertz CT molecular complexity index is 1070. The number of nitrogens with one attached hydrogen (secondary N) is 1. The summed E-state index contributed by atoms with van der Waals surface area (Å²) >= 11 is 0. The molecule has 1 N–H and O–H groups in total. The molecule has 8 heteroatoms. The topological polar surface area (TPSA) is 86.8 Å². The van der Waals surface area contributed by atoms with Crippen LogP contribution in [0.2, 0.25) is 0 Å². The molecule has 0 aliphatic carbocycles. The molecule has 0 unspecified atom stereocenters. The molecule has 0 aromatic heterocycles. The maximum atomic E-state index is 12.7. The van der Waals surface area contributed by atoms with Crippen LogP contribution in [0.1, 0.15) is 24.0 Å². The summed E-state index contributed by atoms with van der Waals surface area (Å²) in [5.41, 5.74) is 1.51. The minimum absolute atomic E-state index is 0.0597. The van der Waals surface area contributed by atoms with Gasteiger partial charge in [-0.2, -0.15) is 0 Å². The lowest BCUT2D eigenvalue weighted by Gasteiger charge is -2.30. The van der Waals surface area contributed by atoms with Crippen LogP contribution in [0.5, 0.6) is 0 Å². The smallest absolute Gasteiger partial charge is 0.246 e. The van der Waals surface area contributed by atoms with Gasteiger partial charge in [0.05, 0.1) is 4.90 Å². The van der Waals surface area contributed by atoms with E-state index in [0.717, 1.165) is 9.87 Å². The number of carbonyl (C=O) groups excluding carboxylic acids is 2. The lowest BCUT2D eigenvalue weighted by atomic mass is 9.95. The Labute approximate surface area is 189 Å². The molecule has 1 aliphatic rings. The van der Waals surface area contributed by atoms with Gasteiger partial charge in [0.2, 0.25) is 21.8 Å². The predicted molar refractivity (Wildman–Crippen MR) is 124 cm³/mol. The number of benzene rings is 2. The van der Waals surface area contributed by atoms with Crippen molar-refractivity contribution in [2.24, 2.45) is 5.92 Å². The largest absolute Gasteiger partial charge is 0.352 e. The molecule has 2 aromatic rings. The lowest BCUT2D eigenvalue weighted by molar-refractivity contribution is -0.132. The number of amides is 2. The third-order valence-corrected chi connectivity index (χ3v) is 7.50. The van der Waals surface area contributed by atoms with E-state index in [1.807, 2.05) is 30.3 Å². The first-order valence-electron chi connectivity index (χ1n) is 10.6. The van der Waals surface area contributed by atoms with Crippen molar-refractivity contribution in [2.45, 2.75) is 24.3 Å². The van der Waals surface area contributed by atoms with Gasteiger partial charge >= 0.3 is 0 Å². The molecule has 1 heterocycles. The Kier molecular flexibility index (Phi) is 7.82. The highest BCUT2D eigenvalue weighted by molar-refractivity contribution is 7.89. The van der Waals surface area contributed by atoms with Gasteiger partial charge in [-0.25, -0.2) is 12.7 Å². The monoisotopic (exact) mass is 455 g/mol. The maximum Gasteiger partial charge on any atom is 0.246 e. The van der Waals surface area contributed by atoms with Crippen molar-refractivity contribution in [1.29, 1.82) is 0 Å². The molecule has 2 amide bonds. The molecular formula is C24H29N3O4S. The van der Waals surface area contributed by atoms with Crippen molar-refractivity contribution < 1.29 is 18.0 Å². The fraction of sp³-hybridized carbons (Fsp3) is 0.333. The summed E-state index contributed by atoms with van der Waals surface area (Å²) in [6, 6.07) is 16.3. The maximum absolute atomic E-state index is 12.7. The molecule has 3 rings (SSSR count). The Balaban J connectivity index is 1.53. The third kappa shape index (κ3) is 5.83. The highest BCUT2D eigenvalue weighted by Gasteiger charge is 2.27. The van der Waals surface area contributed by atoms with Crippen LogP contribution >= 0.6 is 0 Å². The third-order valence-electron chi connectivity index (χ3n) is 5.58. The number of carbonyl (C=O) groups is 2. The van der Waals surface area contributed by atoms with Crippen molar-refractivity contribution in [3.05, 3.63) is 71.8 Å². The van der Waals surface area contributed by atoms with Gasteiger partial charge < -0.3 is 10.2 Å². The van der Waals surface area contributed by atoms with Crippen LogP contribution in [-0.4, -0.2) is 56.6 Å². The van der Waals surface area contributed by atoms with Crippen molar-refractivity contribution in [3.8, 4) is 0 Å². The summed E-state index contributed by atoms with van der Waals surface area (Å²) in [7, 11) is -0.629. The van der Waals surface area contributed by atoms with E-state index in [1.165, 1.54) is 14.1 Å². The van der Waals surface area contributed by atoms with E-state index in [4.69, 9.17) is 0 Å². The minimum Gasteiger partial charge on any atom is -0.352 e. The molecule has 1 saturated heterocycles. The van der Waals surface area contributed by atoms with Crippen molar-refractivity contribution in [1.82, 2.24) is 14.5 Å². The second-order valence-electron chi connectivity index (χ2n) is 7.96. The first-order chi connectivity index (χ1) is 15.3. The zero-order chi connectivity index (χ0) is 23.1. The SMILES string of the molecule is CN(C)S(=O)(=O)c1ccccc1CNC(=O)C1CCN(C(=O)/C=C/c2ccccc2)CC1. The number of piperidine rings is 1. The summed E-state index contributed by atoms with van der Waals surface area (Å²) in [5, 5.41) is 2.87. The number of nitrogens with zero attached hydrogens (tertiary/aromatic N) is 2. The molecule has 0 atom stereocenters. The zero-order valence-corrected chi connectivity index (χ0v) is 19.2. The quantitative estimate of drug-likeness (QED) is 0.650. The molecule has 0 saturated carbocycles. The highest BCUT2D eigenvalue weighted by atomic mass is 32.2. The number of likely N-dealkylation sites (tertiary alicyclic amines) is 1. The highest BCUT2D eigenvalue weighted by Crippen LogP contribution is 2.20. The average Bonchev–Trinajstić information content (AvgIpc) is 2.81. The molecular weight excluding hydrogens is 426 g/mol. The molecule has 0 radical (unpaired) electrons. The van der Waals surface area contributed by atoms with Gasteiger partial charge in [0.25, 0.3) is 0 Å². The van der Waals surface area contributed by atoms with Crippen LogP contribution in [0, 0.1) is 5.92 Å². The predicted octanol–water partition coefficient (Wildman–Crippen LogP) is 2.51. The van der Waals surface area contributed by atoms with Crippen LogP contribution < -0.4 is 5.32 Å². The summed E-state index contributed by atoms with van der Waals surface area (Å²) in [5.74, 6) is -0.376. The van der Waals surface area contributed by atoms with Gasteiger partial charge in [-0.05, 0) is 36.1 Å². The Hall–Kier alpha value is -2.97. The van der Waals surface area contributed by atoms with Crippen LogP contribution in [0.4, 0.5) is 0 Å².